The first-order valence-corrected chi connectivity index (χ1v) is 13.1. The number of rotatable bonds is 5. The van der Waals surface area contributed by atoms with Gasteiger partial charge in [0, 0.05) is 29.8 Å². The average Bonchev–Trinajstić information content (AvgIpc) is 2.91. The van der Waals surface area contributed by atoms with Crippen molar-refractivity contribution >= 4 is 31.5 Å². The molecule has 11 heteroatoms. The number of nitrogens with one attached hydrogen (secondary N) is 2. The van der Waals surface area contributed by atoms with E-state index in [9.17, 15) is 21.6 Å². The van der Waals surface area contributed by atoms with Crippen LogP contribution in [-0.2, 0) is 19.9 Å². The Bertz CT molecular complexity index is 1210. The highest BCUT2D eigenvalue weighted by Crippen LogP contribution is 2.32. The summed E-state index contributed by atoms with van der Waals surface area (Å²) in [5.41, 5.74) is 0.630. The van der Waals surface area contributed by atoms with Crippen LogP contribution in [0.5, 0.6) is 11.5 Å². The molecule has 1 amide bonds. The quantitative estimate of drug-likeness (QED) is 0.684. The molecule has 1 unspecified atom stereocenters. The largest absolute Gasteiger partial charge is 0.490 e. The molecule has 0 aliphatic carbocycles. The highest BCUT2D eigenvalue weighted by Gasteiger charge is 2.31. The van der Waals surface area contributed by atoms with Crippen LogP contribution in [0.1, 0.15) is 23.2 Å². The number of ether oxygens (including phenoxy) is 2. The van der Waals surface area contributed by atoms with Gasteiger partial charge in [-0.15, -0.1) is 0 Å². The first-order chi connectivity index (χ1) is 14.7. The van der Waals surface area contributed by atoms with Gasteiger partial charge in [0.1, 0.15) is 0 Å². The highest BCUT2D eigenvalue weighted by molar-refractivity contribution is 7.92. The van der Waals surface area contributed by atoms with Crippen LogP contribution in [0, 0.1) is 0 Å². The molecule has 2 aromatic carbocycles. The molecule has 2 aliphatic heterocycles. The summed E-state index contributed by atoms with van der Waals surface area (Å²) in [4.78, 5) is 12.6. The number of carbonyl (C=O) groups excluding carboxylic acids is 1. The molecule has 0 bridgehead atoms. The van der Waals surface area contributed by atoms with Crippen molar-refractivity contribution in [2.45, 2.75) is 23.8 Å². The van der Waals surface area contributed by atoms with Crippen LogP contribution in [0.2, 0.25) is 0 Å². The summed E-state index contributed by atoms with van der Waals surface area (Å²) in [6.45, 7) is 1.07. The Balaban J connectivity index is 1.49. The van der Waals surface area contributed by atoms with Gasteiger partial charge in [-0.05, 0) is 36.8 Å². The zero-order valence-corrected chi connectivity index (χ0v) is 18.2. The lowest BCUT2D eigenvalue weighted by Gasteiger charge is -2.13. The van der Waals surface area contributed by atoms with Crippen LogP contribution in [-0.4, -0.2) is 53.5 Å². The predicted octanol–water partition coefficient (Wildman–Crippen LogP) is 1.57. The van der Waals surface area contributed by atoms with E-state index in [0.29, 0.717) is 30.4 Å². The number of sulfone groups is 1. The summed E-state index contributed by atoms with van der Waals surface area (Å²) in [7, 11) is -7.20. The summed E-state index contributed by atoms with van der Waals surface area (Å²) in [5.74, 6) is 0.371. The maximum Gasteiger partial charge on any atom is 0.255 e. The third-order valence-electron chi connectivity index (χ3n) is 4.97. The molecular formula is C20H22N2O7S2. The Morgan fingerprint density at radius 1 is 1.03 bits per heavy atom. The van der Waals surface area contributed by atoms with E-state index in [1.807, 2.05) is 0 Å². The van der Waals surface area contributed by atoms with Gasteiger partial charge < -0.3 is 14.8 Å². The molecule has 1 saturated heterocycles. The van der Waals surface area contributed by atoms with Gasteiger partial charge in [0.2, 0.25) is 10.0 Å². The number of carbonyl (C=O) groups is 1. The molecule has 0 aromatic heterocycles. The molecule has 0 saturated carbocycles. The van der Waals surface area contributed by atoms with Crippen LogP contribution >= 0.6 is 0 Å². The highest BCUT2D eigenvalue weighted by atomic mass is 32.2. The van der Waals surface area contributed by atoms with Gasteiger partial charge in [-0.3, -0.25) is 4.79 Å². The molecule has 9 nitrogen and oxygen atoms in total. The number of benzene rings is 2. The summed E-state index contributed by atoms with van der Waals surface area (Å²) in [6, 6.07) is 9.93. The van der Waals surface area contributed by atoms with E-state index in [1.54, 1.807) is 18.2 Å². The van der Waals surface area contributed by atoms with Gasteiger partial charge >= 0.3 is 0 Å². The van der Waals surface area contributed by atoms with Crippen molar-refractivity contribution in [1.29, 1.82) is 0 Å². The van der Waals surface area contributed by atoms with E-state index < -0.39 is 31.8 Å². The number of hydrogen-bond donors (Lipinski definition) is 2. The second-order valence-corrected chi connectivity index (χ2v) is 11.4. The standard InChI is InChI=1S/C20H22N2O7S2/c23-20(21-15-5-6-18-19(12-15)29-9-2-8-28-18)14-3-1-4-17(11-14)31(26,27)22-16-7-10-30(24,25)13-16/h1,3-6,11-12,16,22H,2,7-10,13H2,(H,21,23). The minimum atomic E-state index is -3.97. The Kier molecular flexibility index (Phi) is 5.91. The van der Waals surface area contributed by atoms with Crippen LogP contribution < -0.4 is 19.5 Å². The van der Waals surface area contributed by atoms with Gasteiger partial charge in [-0.1, -0.05) is 6.07 Å². The molecule has 0 radical (unpaired) electrons. The van der Waals surface area contributed by atoms with E-state index in [1.165, 1.54) is 24.3 Å². The van der Waals surface area contributed by atoms with Gasteiger partial charge in [0.05, 0.1) is 29.6 Å². The molecule has 2 N–H and O–H groups in total. The van der Waals surface area contributed by atoms with E-state index in [0.717, 1.165) is 6.42 Å². The lowest BCUT2D eigenvalue weighted by Crippen LogP contribution is -2.35. The molecule has 2 aliphatic rings. The third-order valence-corrected chi connectivity index (χ3v) is 8.25. The zero-order valence-electron chi connectivity index (χ0n) is 16.5. The molecule has 1 atom stereocenters. The molecule has 31 heavy (non-hydrogen) atoms. The predicted molar refractivity (Wildman–Crippen MR) is 114 cm³/mol. The molecular weight excluding hydrogens is 444 g/mol. The molecule has 1 fully saturated rings. The zero-order chi connectivity index (χ0) is 22.1. The van der Waals surface area contributed by atoms with Gasteiger partial charge in [-0.2, -0.15) is 0 Å². The van der Waals surface area contributed by atoms with Crippen molar-refractivity contribution in [1.82, 2.24) is 4.72 Å². The number of sulfonamides is 1. The Hall–Kier alpha value is -2.63. The van der Waals surface area contributed by atoms with E-state index >= 15 is 0 Å². The summed E-state index contributed by atoms with van der Waals surface area (Å²) >= 11 is 0. The van der Waals surface area contributed by atoms with E-state index in [2.05, 4.69) is 10.0 Å². The SMILES string of the molecule is O=C(Nc1ccc2c(c1)OCCCO2)c1cccc(S(=O)(=O)NC2CCS(=O)(=O)C2)c1. The monoisotopic (exact) mass is 466 g/mol. The van der Waals surface area contributed by atoms with Crippen LogP contribution in [0.25, 0.3) is 0 Å². The molecule has 166 valence electrons. The van der Waals surface area contributed by atoms with Crippen molar-refractivity contribution < 1.29 is 31.1 Å². The van der Waals surface area contributed by atoms with Crippen molar-refractivity contribution in [2.24, 2.45) is 0 Å². The van der Waals surface area contributed by atoms with Gasteiger partial charge in [0.15, 0.2) is 21.3 Å². The van der Waals surface area contributed by atoms with Crippen molar-refractivity contribution in [3.63, 3.8) is 0 Å². The fraction of sp³-hybridized carbons (Fsp3) is 0.350. The molecule has 2 aromatic rings. The fourth-order valence-electron chi connectivity index (χ4n) is 3.42. The minimum absolute atomic E-state index is 0.0435. The van der Waals surface area contributed by atoms with Crippen molar-refractivity contribution in [2.75, 3.05) is 30.0 Å². The number of amides is 1. The Labute approximate surface area is 180 Å². The average molecular weight is 467 g/mol. The van der Waals surface area contributed by atoms with Crippen LogP contribution in [0.3, 0.4) is 0 Å². The number of anilines is 1. The topological polar surface area (TPSA) is 128 Å². The minimum Gasteiger partial charge on any atom is -0.490 e. The van der Waals surface area contributed by atoms with Gasteiger partial charge in [0.25, 0.3) is 5.91 Å². The van der Waals surface area contributed by atoms with Crippen LogP contribution in [0.15, 0.2) is 47.4 Å². The molecule has 2 heterocycles. The summed E-state index contributed by atoms with van der Waals surface area (Å²) in [5, 5.41) is 2.72. The Morgan fingerprint density at radius 2 is 1.81 bits per heavy atom. The van der Waals surface area contributed by atoms with Crippen molar-refractivity contribution in [3.8, 4) is 11.5 Å². The Morgan fingerprint density at radius 3 is 2.55 bits per heavy atom. The van der Waals surface area contributed by atoms with Gasteiger partial charge in [-0.25, -0.2) is 21.6 Å². The van der Waals surface area contributed by atoms with Crippen LogP contribution in [0.4, 0.5) is 5.69 Å². The molecule has 0 spiro atoms. The van der Waals surface area contributed by atoms with E-state index in [4.69, 9.17) is 9.47 Å². The maximum atomic E-state index is 12.7. The summed E-state index contributed by atoms with van der Waals surface area (Å²) < 4.78 is 62.1. The second kappa shape index (κ2) is 8.48. The number of hydrogen-bond acceptors (Lipinski definition) is 7. The number of fused-ring (bicyclic) bond motifs is 1. The lowest BCUT2D eigenvalue weighted by molar-refractivity contribution is 0.102. The van der Waals surface area contributed by atoms with Crippen molar-refractivity contribution in [3.05, 3.63) is 48.0 Å². The maximum absolute atomic E-state index is 12.7. The normalized spacial score (nSPS) is 20.1. The third kappa shape index (κ3) is 5.17. The first-order valence-electron chi connectivity index (χ1n) is 9.76. The smallest absolute Gasteiger partial charge is 0.255 e. The lowest BCUT2D eigenvalue weighted by atomic mass is 10.2. The molecule has 4 rings (SSSR count). The summed E-state index contributed by atoms with van der Waals surface area (Å²) in [6.07, 6.45) is 0.990. The second-order valence-electron chi connectivity index (χ2n) is 7.42. The van der Waals surface area contributed by atoms with E-state index in [-0.39, 0.29) is 28.4 Å². The fourth-order valence-corrected chi connectivity index (χ4v) is 6.52. The first kappa shape index (κ1) is 21.6.